The predicted octanol–water partition coefficient (Wildman–Crippen LogP) is 7.21. The summed E-state index contributed by atoms with van der Waals surface area (Å²) in [4.78, 5) is 37.6. The highest BCUT2D eigenvalue weighted by Crippen LogP contribution is 2.65. The number of rotatable bonds is 8. The lowest BCUT2D eigenvalue weighted by molar-refractivity contribution is -0.118. The number of amides is 2. The molecule has 2 atom stereocenters. The Bertz CT molecular complexity index is 1590. The van der Waals surface area contributed by atoms with E-state index in [9.17, 15) is 27.6 Å². The number of benzene rings is 3. The SMILES string of the molecule is N#CCC(=O)Cc1c(F)ccc(NC(=O)c2cc(NC(=O)[C@H]3[C@H](c4ccc(F)c(Cl)c4)C3(Cl)Cl)ccc2Cl)c1F. The molecule has 40 heavy (non-hydrogen) atoms. The number of carbonyl (C=O) groups is 3. The first kappa shape index (κ1) is 29.7. The number of nitrogens with zero attached hydrogens (tertiary/aromatic N) is 1. The molecule has 0 heterocycles. The second kappa shape index (κ2) is 11.7. The maximum Gasteiger partial charge on any atom is 0.257 e. The summed E-state index contributed by atoms with van der Waals surface area (Å²) in [6.07, 6.45) is -1.20. The molecular formula is C27H16Cl4F3N3O3. The summed E-state index contributed by atoms with van der Waals surface area (Å²) in [5.41, 5.74) is -0.593. The first-order chi connectivity index (χ1) is 18.8. The van der Waals surface area contributed by atoms with Crippen LogP contribution in [0.2, 0.25) is 10.0 Å². The second-order valence-corrected chi connectivity index (χ2v) is 11.1. The number of nitriles is 1. The number of ketones is 1. The molecule has 0 aliphatic heterocycles. The van der Waals surface area contributed by atoms with Crippen LogP contribution in [0.3, 0.4) is 0 Å². The normalized spacial score (nSPS) is 17.1. The van der Waals surface area contributed by atoms with E-state index in [0.29, 0.717) is 5.56 Å². The topological polar surface area (TPSA) is 99.1 Å². The molecule has 0 radical (unpaired) electrons. The van der Waals surface area contributed by atoms with Gasteiger partial charge in [0, 0.05) is 23.6 Å². The molecule has 1 saturated carbocycles. The molecule has 0 unspecified atom stereocenters. The Morgan fingerprint density at radius 2 is 1.62 bits per heavy atom. The smallest absolute Gasteiger partial charge is 0.257 e. The van der Waals surface area contributed by atoms with Crippen molar-refractivity contribution in [3.63, 3.8) is 0 Å². The van der Waals surface area contributed by atoms with Gasteiger partial charge in [0.25, 0.3) is 5.91 Å². The summed E-state index contributed by atoms with van der Waals surface area (Å²) in [7, 11) is 0. The minimum absolute atomic E-state index is 0.0447. The average molecular weight is 629 g/mol. The number of hydrogen-bond donors (Lipinski definition) is 2. The zero-order valence-corrected chi connectivity index (χ0v) is 23.0. The van der Waals surface area contributed by atoms with Crippen molar-refractivity contribution in [3.05, 3.63) is 92.7 Å². The predicted molar refractivity (Wildman–Crippen MR) is 145 cm³/mol. The molecule has 206 valence electrons. The van der Waals surface area contributed by atoms with Gasteiger partial charge < -0.3 is 10.6 Å². The van der Waals surface area contributed by atoms with Gasteiger partial charge in [0.1, 0.15) is 16.0 Å². The fraction of sp³-hybridized carbons (Fsp3) is 0.185. The zero-order valence-electron chi connectivity index (χ0n) is 20.0. The lowest BCUT2D eigenvalue weighted by Crippen LogP contribution is -2.19. The van der Waals surface area contributed by atoms with Crippen LogP contribution in [0.4, 0.5) is 24.5 Å². The van der Waals surface area contributed by atoms with Gasteiger partial charge >= 0.3 is 0 Å². The van der Waals surface area contributed by atoms with Crippen molar-refractivity contribution in [2.45, 2.75) is 23.1 Å². The standard InChI is InChI=1S/C27H16Cl4F3N3O3/c28-17-3-2-13(36-26(40)23-22(27(23,30)31)12-1-4-20(33)18(29)9-12)10-15(17)25(39)37-21-6-5-19(32)16(24(21)34)11-14(38)7-8-35/h1-6,9-10,22-23H,7,11H2,(H,36,40)(H,37,39)/t22-,23+/m0/s1. The highest BCUT2D eigenvalue weighted by atomic mass is 35.5. The first-order valence-electron chi connectivity index (χ1n) is 11.4. The summed E-state index contributed by atoms with van der Waals surface area (Å²) < 4.78 is 41.1. The Morgan fingerprint density at radius 3 is 2.30 bits per heavy atom. The largest absolute Gasteiger partial charge is 0.326 e. The molecule has 0 spiro atoms. The minimum Gasteiger partial charge on any atom is -0.326 e. The molecular weight excluding hydrogens is 613 g/mol. The van der Waals surface area contributed by atoms with Crippen LogP contribution in [0.25, 0.3) is 0 Å². The van der Waals surface area contributed by atoms with Crippen molar-refractivity contribution in [1.82, 2.24) is 0 Å². The summed E-state index contributed by atoms with van der Waals surface area (Å²) in [5, 5.41) is 13.3. The lowest BCUT2D eigenvalue weighted by atomic mass is 10.0. The van der Waals surface area contributed by atoms with E-state index in [0.717, 1.165) is 18.2 Å². The van der Waals surface area contributed by atoms with E-state index in [4.69, 9.17) is 51.7 Å². The third-order valence-corrected chi connectivity index (χ3v) is 7.76. The van der Waals surface area contributed by atoms with Gasteiger partial charge in [-0.1, -0.05) is 29.3 Å². The van der Waals surface area contributed by atoms with Crippen LogP contribution in [-0.2, 0) is 16.0 Å². The van der Waals surface area contributed by atoms with Gasteiger partial charge in [-0.15, -0.1) is 23.2 Å². The Labute approximate surface area is 246 Å². The summed E-state index contributed by atoms with van der Waals surface area (Å²) >= 11 is 24.7. The molecule has 0 bridgehead atoms. The van der Waals surface area contributed by atoms with Gasteiger partial charge in [0.15, 0.2) is 11.6 Å². The van der Waals surface area contributed by atoms with Crippen molar-refractivity contribution in [2.75, 3.05) is 10.6 Å². The van der Waals surface area contributed by atoms with E-state index in [-0.39, 0.29) is 21.3 Å². The van der Waals surface area contributed by atoms with Gasteiger partial charge in [-0.25, -0.2) is 13.2 Å². The van der Waals surface area contributed by atoms with Crippen molar-refractivity contribution in [1.29, 1.82) is 5.26 Å². The molecule has 2 N–H and O–H groups in total. The molecule has 1 aliphatic carbocycles. The van der Waals surface area contributed by atoms with E-state index in [1.165, 1.54) is 30.3 Å². The maximum atomic E-state index is 14.9. The third kappa shape index (κ3) is 6.06. The highest BCUT2D eigenvalue weighted by Gasteiger charge is 2.67. The summed E-state index contributed by atoms with van der Waals surface area (Å²) in [5.74, 6) is -6.63. The van der Waals surface area contributed by atoms with E-state index in [1.54, 1.807) is 6.07 Å². The highest BCUT2D eigenvalue weighted by molar-refractivity contribution is 6.53. The van der Waals surface area contributed by atoms with Crippen molar-refractivity contribution >= 4 is 75.4 Å². The molecule has 3 aromatic carbocycles. The first-order valence-corrected chi connectivity index (χ1v) is 13.0. The second-order valence-electron chi connectivity index (χ2n) is 8.88. The average Bonchev–Trinajstić information content (AvgIpc) is 3.48. The minimum atomic E-state index is -1.50. The molecule has 0 aromatic heterocycles. The Morgan fingerprint density at radius 1 is 0.925 bits per heavy atom. The number of nitrogens with one attached hydrogen (secondary N) is 2. The molecule has 0 saturated heterocycles. The van der Waals surface area contributed by atoms with Crippen LogP contribution in [-0.4, -0.2) is 21.9 Å². The van der Waals surface area contributed by atoms with Gasteiger partial charge in [-0.2, -0.15) is 5.26 Å². The number of Topliss-reactive ketones (excluding diaryl/α,β-unsaturated/α-hetero) is 1. The molecule has 1 fully saturated rings. The molecule has 13 heteroatoms. The Kier molecular flexibility index (Phi) is 8.66. The molecule has 4 rings (SSSR count). The van der Waals surface area contributed by atoms with Crippen LogP contribution in [0.1, 0.15) is 33.8 Å². The fourth-order valence-electron chi connectivity index (χ4n) is 4.16. The van der Waals surface area contributed by atoms with Crippen LogP contribution < -0.4 is 10.6 Å². The van der Waals surface area contributed by atoms with Crippen LogP contribution in [0, 0.1) is 34.7 Å². The van der Waals surface area contributed by atoms with Crippen LogP contribution >= 0.6 is 46.4 Å². The van der Waals surface area contributed by atoms with E-state index in [1.807, 2.05) is 0 Å². The van der Waals surface area contributed by atoms with E-state index < -0.39 is 75.3 Å². The number of anilines is 2. The molecule has 6 nitrogen and oxygen atoms in total. The van der Waals surface area contributed by atoms with Crippen molar-refractivity contribution in [2.24, 2.45) is 5.92 Å². The Balaban J connectivity index is 1.51. The molecule has 1 aliphatic rings. The van der Waals surface area contributed by atoms with Gasteiger partial charge in [-0.3, -0.25) is 14.4 Å². The number of hydrogen-bond acceptors (Lipinski definition) is 4. The summed E-state index contributed by atoms with van der Waals surface area (Å²) in [6, 6.07) is 11.3. The summed E-state index contributed by atoms with van der Waals surface area (Å²) in [6.45, 7) is 0. The van der Waals surface area contributed by atoms with Crippen LogP contribution in [0.15, 0.2) is 48.5 Å². The number of alkyl halides is 2. The van der Waals surface area contributed by atoms with Crippen molar-refractivity contribution in [3.8, 4) is 6.07 Å². The number of carbonyl (C=O) groups excluding carboxylic acids is 3. The zero-order chi connectivity index (χ0) is 29.4. The monoisotopic (exact) mass is 627 g/mol. The molecule has 3 aromatic rings. The Hall–Kier alpha value is -3.29. The van der Waals surface area contributed by atoms with Gasteiger partial charge in [0.2, 0.25) is 5.91 Å². The third-order valence-electron chi connectivity index (χ3n) is 6.20. The van der Waals surface area contributed by atoms with E-state index >= 15 is 0 Å². The fourth-order valence-corrected chi connectivity index (χ4v) is 5.38. The molecule has 2 amide bonds. The lowest BCUT2D eigenvalue weighted by Gasteiger charge is -2.12. The van der Waals surface area contributed by atoms with Crippen molar-refractivity contribution < 1.29 is 27.6 Å². The van der Waals surface area contributed by atoms with E-state index in [2.05, 4.69) is 10.6 Å². The van der Waals surface area contributed by atoms with Crippen LogP contribution in [0.5, 0.6) is 0 Å². The van der Waals surface area contributed by atoms with Gasteiger partial charge in [0.05, 0.1) is 39.7 Å². The van der Waals surface area contributed by atoms with Gasteiger partial charge in [-0.05, 0) is 48.0 Å². The maximum absolute atomic E-state index is 14.9. The quantitative estimate of drug-likeness (QED) is 0.257. The number of halogens is 7.